The second-order valence-electron chi connectivity index (χ2n) is 4.48. The first-order valence-corrected chi connectivity index (χ1v) is 7.32. The van der Waals surface area contributed by atoms with Crippen LogP contribution in [0.2, 0.25) is 0 Å². The summed E-state index contributed by atoms with van der Waals surface area (Å²) in [5.41, 5.74) is 1.10. The van der Waals surface area contributed by atoms with Gasteiger partial charge in [0.25, 0.3) is 0 Å². The Hall–Kier alpha value is -1.66. The van der Waals surface area contributed by atoms with Crippen molar-refractivity contribution < 1.29 is 18.3 Å². The summed E-state index contributed by atoms with van der Waals surface area (Å²) >= 11 is 0. The van der Waals surface area contributed by atoms with Crippen molar-refractivity contribution in [3.63, 3.8) is 0 Å². The molecule has 0 amide bonds. The highest BCUT2D eigenvalue weighted by Gasteiger charge is 2.31. The fraction of sp³-hybridized carbons (Fsp3) is 0.308. The molecule has 1 aromatic carbocycles. The van der Waals surface area contributed by atoms with Crippen LogP contribution in [0.25, 0.3) is 0 Å². The molecule has 1 aromatic rings. The molecular formula is C13H15NO4S. The topological polar surface area (TPSA) is 74.7 Å². The summed E-state index contributed by atoms with van der Waals surface area (Å²) in [7, 11) is -3.62. The Kier molecular flexibility index (Phi) is 3.73. The molecule has 5 nitrogen and oxygen atoms in total. The number of piperidine rings is 1. The van der Waals surface area contributed by atoms with E-state index in [1.54, 1.807) is 24.3 Å². The minimum atomic E-state index is -3.62. The third kappa shape index (κ3) is 2.69. The zero-order chi connectivity index (χ0) is 14.0. The molecule has 0 radical (unpaired) electrons. The Morgan fingerprint density at radius 1 is 1.26 bits per heavy atom. The van der Waals surface area contributed by atoms with E-state index >= 15 is 0 Å². The highest BCUT2D eigenvalue weighted by atomic mass is 32.2. The van der Waals surface area contributed by atoms with Crippen LogP contribution in [0.3, 0.4) is 0 Å². The molecule has 0 atom stereocenters. The number of hydrogen-bond donors (Lipinski definition) is 1. The van der Waals surface area contributed by atoms with E-state index in [9.17, 15) is 13.2 Å². The van der Waals surface area contributed by atoms with Gasteiger partial charge in [-0.2, -0.15) is 4.31 Å². The monoisotopic (exact) mass is 281 g/mol. The lowest BCUT2D eigenvalue weighted by molar-refractivity contribution is -0.116. The molecule has 1 saturated heterocycles. The van der Waals surface area contributed by atoms with Crippen LogP contribution in [-0.2, 0) is 14.8 Å². The Bertz CT molecular complexity index is 617. The summed E-state index contributed by atoms with van der Waals surface area (Å²) in [6.45, 7) is 1.94. The summed E-state index contributed by atoms with van der Waals surface area (Å²) < 4.78 is 26.0. The van der Waals surface area contributed by atoms with Crippen molar-refractivity contribution in [2.75, 3.05) is 13.1 Å². The normalized spacial score (nSPS) is 19.8. The molecule has 1 fully saturated rings. The first-order valence-electron chi connectivity index (χ1n) is 5.88. The van der Waals surface area contributed by atoms with Crippen molar-refractivity contribution in [2.45, 2.75) is 18.2 Å². The predicted octanol–water partition coefficient (Wildman–Crippen LogP) is 1.40. The number of aliphatic hydroxyl groups is 1. The first-order chi connectivity index (χ1) is 8.95. The average molecular weight is 281 g/mol. The third-order valence-electron chi connectivity index (χ3n) is 3.11. The maximum Gasteiger partial charge on any atom is 0.243 e. The molecular weight excluding hydrogens is 266 g/mol. The van der Waals surface area contributed by atoms with E-state index in [2.05, 4.69) is 0 Å². The van der Waals surface area contributed by atoms with Crippen molar-refractivity contribution in [1.82, 2.24) is 4.31 Å². The van der Waals surface area contributed by atoms with Crippen LogP contribution in [0.5, 0.6) is 0 Å². The quantitative estimate of drug-likeness (QED) is 0.657. The van der Waals surface area contributed by atoms with Crippen LogP contribution in [-0.4, -0.2) is 36.7 Å². The SMILES string of the molecule is Cc1ccc(S(=O)(=O)N2CCC(=O)/C(=C/O)C2)cc1. The Morgan fingerprint density at radius 2 is 1.89 bits per heavy atom. The molecule has 1 N–H and O–H groups in total. The van der Waals surface area contributed by atoms with Gasteiger partial charge >= 0.3 is 0 Å². The van der Waals surface area contributed by atoms with Gasteiger partial charge in [-0.3, -0.25) is 4.79 Å². The zero-order valence-electron chi connectivity index (χ0n) is 10.5. The Morgan fingerprint density at radius 3 is 2.47 bits per heavy atom. The highest BCUT2D eigenvalue weighted by molar-refractivity contribution is 7.89. The molecule has 0 spiro atoms. The smallest absolute Gasteiger partial charge is 0.243 e. The minimum Gasteiger partial charge on any atom is -0.515 e. The van der Waals surface area contributed by atoms with Crippen molar-refractivity contribution in [3.8, 4) is 0 Å². The van der Waals surface area contributed by atoms with Crippen LogP contribution in [0, 0.1) is 6.92 Å². The number of benzene rings is 1. The van der Waals surface area contributed by atoms with Gasteiger partial charge in [-0.1, -0.05) is 17.7 Å². The van der Waals surface area contributed by atoms with E-state index < -0.39 is 10.0 Å². The van der Waals surface area contributed by atoms with Gasteiger partial charge in [0, 0.05) is 25.1 Å². The van der Waals surface area contributed by atoms with Crippen LogP contribution in [0.15, 0.2) is 41.0 Å². The number of Topliss-reactive ketones (excluding diaryl/α,β-unsaturated/α-hetero) is 1. The maximum absolute atomic E-state index is 12.4. The first kappa shape index (κ1) is 13.8. The molecule has 1 heterocycles. The fourth-order valence-corrected chi connectivity index (χ4v) is 3.34. The molecule has 0 bridgehead atoms. The molecule has 1 aliphatic rings. The fourth-order valence-electron chi connectivity index (χ4n) is 1.92. The van der Waals surface area contributed by atoms with E-state index in [1.807, 2.05) is 6.92 Å². The summed E-state index contributed by atoms with van der Waals surface area (Å²) in [6, 6.07) is 6.54. The van der Waals surface area contributed by atoms with Crippen molar-refractivity contribution in [2.24, 2.45) is 0 Å². The molecule has 0 aromatic heterocycles. The van der Waals surface area contributed by atoms with Gasteiger partial charge in [-0.05, 0) is 19.1 Å². The van der Waals surface area contributed by atoms with Gasteiger partial charge in [0.1, 0.15) is 0 Å². The zero-order valence-corrected chi connectivity index (χ0v) is 11.4. The lowest BCUT2D eigenvalue weighted by Gasteiger charge is -2.26. The van der Waals surface area contributed by atoms with E-state index in [1.165, 1.54) is 4.31 Å². The summed E-state index contributed by atoms with van der Waals surface area (Å²) in [6.07, 6.45) is 0.788. The summed E-state index contributed by atoms with van der Waals surface area (Å²) in [4.78, 5) is 11.6. The van der Waals surface area contributed by atoms with Gasteiger partial charge in [-0.25, -0.2) is 8.42 Å². The number of aliphatic hydroxyl groups excluding tert-OH is 1. The van der Waals surface area contributed by atoms with E-state index in [0.29, 0.717) is 6.26 Å². The largest absolute Gasteiger partial charge is 0.515 e. The van der Waals surface area contributed by atoms with Gasteiger partial charge < -0.3 is 5.11 Å². The van der Waals surface area contributed by atoms with Crippen LogP contribution >= 0.6 is 0 Å². The molecule has 0 saturated carbocycles. The van der Waals surface area contributed by atoms with Crippen LogP contribution in [0.1, 0.15) is 12.0 Å². The number of nitrogens with zero attached hydrogens (tertiary/aromatic N) is 1. The molecule has 19 heavy (non-hydrogen) atoms. The number of ketones is 1. The molecule has 1 aliphatic heterocycles. The molecule has 0 unspecified atom stereocenters. The highest BCUT2D eigenvalue weighted by Crippen LogP contribution is 2.21. The molecule has 0 aliphatic carbocycles. The standard InChI is InChI=1S/C13H15NO4S/c1-10-2-4-12(5-3-10)19(17,18)14-7-6-13(16)11(8-14)9-15/h2-5,9,15H,6-8H2,1H3/b11-9+. The van der Waals surface area contributed by atoms with E-state index in [0.717, 1.165) is 5.56 Å². The lowest BCUT2D eigenvalue weighted by Crippen LogP contribution is -2.40. The van der Waals surface area contributed by atoms with Crippen molar-refractivity contribution in [1.29, 1.82) is 0 Å². The lowest BCUT2D eigenvalue weighted by atomic mass is 10.1. The van der Waals surface area contributed by atoms with E-state index in [4.69, 9.17) is 5.11 Å². The summed E-state index contributed by atoms with van der Waals surface area (Å²) in [5, 5.41) is 8.95. The van der Waals surface area contributed by atoms with Crippen molar-refractivity contribution in [3.05, 3.63) is 41.7 Å². The number of carbonyl (C=O) groups excluding carboxylic acids is 1. The number of carbonyl (C=O) groups is 1. The second kappa shape index (κ2) is 5.14. The average Bonchev–Trinajstić information content (AvgIpc) is 2.39. The number of sulfonamides is 1. The number of hydrogen-bond acceptors (Lipinski definition) is 4. The number of rotatable bonds is 2. The van der Waals surface area contributed by atoms with Crippen LogP contribution < -0.4 is 0 Å². The van der Waals surface area contributed by atoms with E-state index in [-0.39, 0.29) is 35.8 Å². The van der Waals surface area contributed by atoms with Crippen molar-refractivity contribution >= 4 is 15.8 Å². The third-order valence-corrected chi connectivity index (χ3v) is 4.97. The van der Waals surface area contributed by atoms with Gasteiger partial charge in [0.2, 0.25) is 10.0 Å². The maximum atomic E-state index is 12.4. The number of aryl methyl sites for hydroxylation is 1. The Balaban J connectivity index is 2.30. The molecule has 2 rings (SSSR count). The predicted molar refractivity (Wildman–Crippen MR) is 70.3 cm³/mol. The second-order valence-corrected chi connectivity index (χ2v) is 6.42. The Labute approximate surface area is 112 Å². The van der Waals surface area contributed by atoms with Crippen LogP contribution in [0.4, 0.5) is 0 Å². The van der Waals surface area contributed by atoms with Gasteiger partial charge in [-0.15, -0.1) is 0 Å². The van der Waals surface area contributed by atoms with Gasteiger partial charge in [0.05, 0.1) is 11.2 Å². The molecule has 102 valence electrons. The molecule has 6 heteroatoms. The van der Waals surface area contributed by atoms with Gasteiger partial charge in [0.15, 0.2) is 5.78 Å². The summed E-state index contributed by atoms with van der Waals surface area (Å²) in [5.74, 6) is -0.210. The minimum absolute atomic E-state index is 0.0778.